The van der Waals surface area contributed by atoms with Crippen molar-refractivity contribution in [3.63, 3.8) is 0 Å². The topological polar surface area (TPSA) is 69.9 Å². The summed E-state index contributed by atoms with van der Waals surface area (Å²) in [6, 6.07) is 8.30. The molecule has 2 aromatic rings. The van der Waals surface area contributed by atoms with Crippen molar-refractivity contribution >= 4 is 5.82 Å². The summed E-state index contributed by atoms with van der Waals surface area (Å²) >= 11 is 0. The van der Waals surface area contributed by atoms with E-state index in [0.717, 1.165) is 23.5 Å². The van der Waals surface area contributed by atoms with Gasteiger partial charge in [-0.15, -0.1) is 0 Å². The minimum atomic E-state index is 0.452. The molecule has 0 atom stereocenters. The number of hydrogen-bond donors (Lipinski definition) is 2. The van der Waals surface area contributed by atoms with Crippen LogP contribution in [0.5, 0.6) is 0 Å². The van der Waals surface area contributed by atoms with Gasteiger partial charge in [0.05, 0.1) is 0 Å². The van der Waals surface area contributed by atoms with E-state index in [1.165, 1.54) is 37.7 Å². The fourth-order valence-corrected chi connectivity index (χ4v) is 3.37. The second kappa shape index (κ2) is 5.80. The third-order valence-corrected chi connectivity index (χ3v) is 4.60. The molecular weight excluding hydrogens is 260 g/mol. The minimum absolute atomic E-state index is 0.452. The number of anilines is 1. The van der Waals surface area contributed by atoms with Crippen LogP contribution in [-0.4, -0.2) is 9.66 Å². The van der Waals surface area contributed by atoms with Gasteiger partial charge in [0.2, 0.25) is 0 Å². The average molecular weight is 284 g/mol. The van der Waals surface area contributed by atoms with Gasteiger partial charge in [-0.2, -0.15) is 0 Å². The second-order valence-corrected chi connectivity index (χ2v) is 5.92. The molecule has 1 heterocycles. The molecule has 0 bridgehead atoms. The van der Waals surface area contributed by atoms with Gasteiger partial charge in [-0.1, -0.05) is 50.5 Å². The molecule has 0 saturated heterocycles. The van der Waals surface area contributed by atoms with Crippen molar-refractivity contribution in [1.29, 1.82) is 0 Å². The summed E-state index contributed by atoms with van der Waals surface area (Å²) in [4.78, 5) is 4.82. The summed E-state index contributed by atoms with van der Waals surface area (Å²) in [5.74, 6) is 8.18. The largest absolute Gasteiger partial charge is 0.382 e. The number of nitrogens with zero attached hydrogens (tertiary/aromatic N) is 2. The molecule has 1 aliphatic carbocycles. The van der Waals surface area contributed by atoms with Crippen LogP contribution in [0.15, 0.2) is 24.3 Å². The maximum Gasteiger partial charge on any atom is 0.150 e. The zero-order valence-corrected chi connectivity index (χ0v) is 12.7. The highest BCUT2D eigenvalue weighted by Gasteiger charge is 2.24. The SMILES string of the molecule is CCc1ccccc1-c1nc(C2CCCCC2)n(N)c1N. The van der Waals surface area contributed by atoms with Crippen LogP contribution in [0, 0.1) is 0 Å². The molecule has 4 N–H and O–H groups in total. The number of hydrogen-bond acceptors (Lipinski definition) is 3. The Balaban J connectivity index is 2.04. The molecule has 0 radical (unpaired) electrons. The number of aromatic nitrogens is 2. The Morgan fingerprint density at radius 1 is 1.19 bits per heavy atom. The van der Waals surface area contributed by atoms with Crippen molar-refractivity contribution < 1.29 is 0 Å². The first kappa shape index (κ1) is 14.0. The van der Waals surface area contributed by atoms with E-state index in [2.05, 4.69) is 25.1 Å². The monoisotopic (exact) mass is 284 g/mol. The third-order valence-electron chi connectivity index (χ3n) is 4.60. The van der Waals surface area contributed by atoms with Gasteiger partial charge in [0.15, 0.2) is 5.82 Å². The van der Waals surface area contributed by atoms with E-state index in [1.807, 2.05) is 6.07 Å². The molecule has 0 spiro atoms. The molecule has 1 aromatic carbocycles. The van der Waals surface area contributed by atoms with Gasteiger partial charge >= 0.3 is 0 Å². The zero-order chi connectivity index (χ0) is 14.8. The molecule has 1 saturated carbocycles. The molecule has 0 unspecified atom stereocenters. The van der Waals surface area contributed by atoms with Gasteiger partial charge in [0, 0.05) is 11.5 Å². The molecular formula is C17H24N4. The summed E-state index contributed by atoms with van der Waals surface area (Å²) in [5, 5.41) is 0. The summed E-state index contributed by atoms with van der Waals surface area (Å²) in [7, 11) is 0. The van der Waals surface area contributed by atoms with E-state index < -0.39 is 0 Å². The van der Waals surface area contributed by atoms with Crippen molar-refractivity contribution in [3.05, 3.63) is 35.7 Å². The maximum atomic E-state index is 6.24. The van der Waals surface area contributed by atoms with Crippen LogP contribution in [0.3, 0.4) is 0 Å². The fourth-order valence-electron chi connectivity index (χ4n) is 3.37. The number of benzene rings is 1. The van der Waals surface area contributed by atoms with Crippen molar-refractivity contribution in [2.75, 3.05) is 11.6 Å². The summed E-state index contributed by atoms with van der Waals surface area (Å²) in [6.45, 7) is 2.15. The van der Waals surface area contributed by atoms with E-state index in [1.54, 1.807) is 4.68 Å². The predicted octanol–water partition coefficient (Wildman–Crippen LogP) is 3.46. The average Bonchev–Trinajstić information content (AvgIpc) is 2.84. The van der Waals surface area contributed by atoms with Crippen LogP contribution in [0.2, 0.25) is 0 Å². The van der Waals surface area contributed by atoms with Crippen LogP contribution in [0.1, 0.15) is 56.3 Å². The number of rotatable bonds is 3. The lowest BCUT2D eigenvalue weighted by atomic mass is 9.89. The fraction of sp³-hybridized carbons (Fsp3) is 0.471. The minimum Gasteiger partial charge on any atom is -0.382 e. The first-order valence-corrected chi connectivity index (χ1v) is 7.93. The van der Waals surface area contributed by atoms with Crippen molar-refractivity contribution in [2.24, 2.45) is 0 Å². The molecule has 3 rings (SSSR count). The highest BCUT2D eigenvalue weighted by atomic mass is 15.4. The number of imidazole rings is 1. The highest BCUT2D eigenvalue weighted by molar-refractivity contribution is 5.74. The van der Waals surface area contributed by atoms with Gasteiger partial charge in [-0.05, 0) is 24.8 Å². The van der Waals surface area contributed by atoms with E-state index >= 15 is 0 Å². The van der Waals surface area contributed by atoms with Gasteiger partial charge in [0.25, 0.3) is 0 Å². The van der Waals surface area contributed by atoms with Gasteiger partial charge in [-0.25, -0.2) is 9.66 Å². The lowest BCUT2D eigenvalue weighted by molar-refractivity contribution is 0.424. The lowest BCUT2D eigenvalue weighted by Gasteiger charge is -2.20. The Morgan fingerprint density at radius 2 is 1.90 bits per heavy atom. The normalized spacial score (nSPS) is 16.2. The Labute approximate surface area is 126 Å². The van der Waals surface area contributed by atoms with E-state index in [9.17, 15) is 0 Å². The van der Waals surface area contributed by atoms with Crippen LogP contribution >= 0.6 is 0 Å². The van der Waals surface area contributed by atoms with Crippen LogP contribution < -0.4 is 11.6 Å². The number of nitrogens with two attached hydrogens (primary N) is 2. The Morgan fingerprint density at radius 3 is 2.62 bits per heavy atom. The maximum absolute atomic E-state index is 6.24. The van der Waals surface area contributed by atoms with E-state index in [0.29, 0.717) is 11.7 Å². The molecule has 21 heavy (non-hydrogen) atoms. The first-order valence-electron chi connectivity index (χ1n) is 7.93. The smallest absolute Gasteiger partial charge is 0.150 e. The van der Waals surface area contributed by atoms with Crippen molar-refractivity contribution in [2.45, 2.75) is 51.4 Å². The van der Waals surface area contributed by atoms with Crippen LogP contribution in [-0.2, 0) is 6.42 Å². The molecule has 1 aliphatic rings. The molecule has 4 nitrogen and oxygen atoms in total. The molecule has 1 fully saturated rings. The van der Waals surface area contributed by atoms with Gasteiger partial charge in [0.1, 0.15) is 11.5 Å². The van der Waals surface area contributed by atoms with Gasteiger partial charge in [-0.3, -0.25) is 0 Å². The van der Waals surface area contributed by atoms with Crippen molar-refractivity contribution in [3.8, 4) is 11.3 Å². The highest BCUT2D eigenvalue weighted by Crippen LogP contribution is 2.36. The van der Waals surface area contributed by atoms with E-state index in [-0.39, 0.29) is 0 Å². The predicted molar refractivity (Wildman–Crippen MR) is 87.4 cm³/mol. The molecule has 0 amide bonds. The second-order valence-electron chi connectivity index (χ2n) is 5.92. The molecule has 1 aromatic heterocycles. The Kier molecular flexibility index (Phi) is 3.86. The number of aryl methyl sites for hydroxylation is 1. The molecule has 112 valence electrons. The number of nitrogen functional groups attached to an aromatic ring is 2. The third kappa shape index (κ3) is 2.50. The zero-order valence-electron chi connectivity index (χ0n) is 12.7. The summed E-state index contributed by atoms with van der Waals surface area (Å²) < 4.78 is 1.61. The summed E-state index contributed by atoms with van der Waals surface area (Å²) in [5.41, 5.74) is 9.46. The molecule has 4 heteroatoms. The van der Waals surface area contributed by atoms with E-state index in [4.69, 9.17) is 16.6 Å². The summed E-state index contributed by atoms with van der Waals surface area (Å²) in [6.07, 6.45) is 7.15. The Hall–Kier alpha value is -1.97. The quantitative estimate of drug-likeness (QED) is 0.848. The van der Waals surface area contributed by atoms with Crippen molar-refractivity contribution in [1.82, 2.24) is 9.66 Å². The standard InChI is InChI=1S/C17H24N4/c1-2-12-8-6-7-11-14(12)15-16(18)21(19)17(20-15)13-9-4-3-5-10-13/h6-8,11,13H,2-5,9-10,18-19H2,1H3. The lowest BCUT2D eigenvalue weighted by Crippen LogP contribution is -2.19. The molecule has 0 aliphatic heterocycles. The van der Waals surface area contributed by atoms with Crippen LogP contribution in [0.25, 0.3) is 11.3 Å². The Bertz CT molecular complexity index is 624. The van der Waals surface area contributed by atoms with Gasteiger partial charge < -0.3 is 11.6 Å². The first-order chi connectivity index (χ1) is 10.2. The van der Waals surface area contributed by atoms with Crippen LogP contribution in [0.4, 0.5) is 5.82 Å².